The van der Waals surface area contributed by atoms with Gasteiger partial charge in [0.05, 0.1) is 6.42 Å². The van der Waals surface area contributed by atoms with E-state index < -0.39 is 35.7 Å². The maximum atomic E-state index is 11.2. The van der Waals surface area contributed by atoms with Crippen molar-refractivity contribution in [2.45, 2.75) is 6.42 Å². The first-order valence-corrected chi connectivity index (χ1v) is 4.63. The van der Waals surface area contributed by atoms with Crippen molar-refractivity contribution in [2.24, 2.45) is 0 Å². The highest BCUT2D eigenvalue weighted by molar-refractivity contribution is 5.83. The van der Waals surface area contributed by atoms with Crippen LogP contribution in [0, 0.1) is 0 Å². The van der Waals surface area contributed by atoms with E-state index in [9.17, 15) is 19.8 Å². The third kappa shape index (κ3) is 3.26. The Labute approximate surface area is 95.9 Å². The van der Waals surface area contributed by atoms with Crippen LogP contribution in [0.15, 0.2) is 12.1 Å². The molecule has 1 aromatic rings. The van der Waals surface area contributed by atoms with Crippen LogP contribution in [0.4, 0.5) is 0 Å². The van der Waals surface area contributed by atoms with Gasteiger partial charge in [-0.2, -0.15) is 0 Å². The Morgan fingerprint density at radius 1 is 1.12 bits per heavy atom. The van der Waals surface area contributed by atoms with E-state index in [-0.39, 0.29) is 12.0 Å². The second-order valence-corrected chi connectivity index (χ2v) is 3.29. The number of rotatable bonds is 4. The molecule has 0 heterocycles. The van der Waals surface area contributed by atoms with Crippen LogP contribution in [0.5, 0.6) is 17.2 Å². The molecule has 5 N–H and O–H groups in total. The van der Waals surface area contributed by atoms with Gasteiger partial charge in [0.25, 0.3) is 0 Å². The van der Waals surface area contributed by atoms with E-state index in [1.165, 1.54) is 6.07 Å². The van der Waals surface area contributed by atoms with Crippen molar-refractivity contribution in [3.8, 4) is 17.2 Å². The smallest absolute Gasteiger partial charge is 0.322 e. The van der Waals surface area contributed by atoms with Crippen molar-refractivity contribution in [1.29, 1.82) is 0 Å². The normalized spacial score (nSPS) is 9.88. The molecule has 7 nitrogen and oxygen atoms in total. The molecule has 0 aromatic heterocycles. The highest BCUT2D eigenvalue weighted by Gasteiger charge is 2.14. The van der Waals surface area contributed by atoms with Gasteiger partial charge in [0.15, 0.2) is 11.5 Å². The van der Waals surface area contributed by atoms with Crippen LogP contribution < -0.4 is 5.32 Å². The molecule has 0 aliphatic heterocycles. The Hall–Kier alpha value is -2.44. The topological polar surface area (TPSA) is 127 Å². The van der Waals surface area contributed by atoms with Gasteiger partial charge in [0.1, 0.15) is 6.54 Å². The molecule has 1 rings (SSSR count). The fourth-order valence-corrected chi connectivity index (χ4v) is 1.16. The summed E-state index contributed by atoms with van der Waals surface area (Å²) < 4.78 is 0. The number of phenolic OH excluding ortho intramolecular Hbond substituents is 3. The summed E-state index contributed by atoms with van der Waals surface area (Å²) in [5.41, 5.74) is 0.0863. The molecule has 0 spiro atoms. The van der Waals surface area contributed by atoms with Gasteiger partial charge in [0.2, 0.25) is 11.7 Å². The molecule has 0 saturated carbocycles. The van der Waals surface area contributed by atoms with Crippen LogP contribution in [-0.2, 0) is 16.0 Å². The lowest BCUT2D eigenvalue weighted by molar-refractivity contribution is -0.137. The number of aliphatic carboxylic acids is 1. The highest BCUT2D eigenvalue weighted by atomic mass is 16.4. The van der Waals surface area contributed by atoms with Crippen molar-refractivity contribution < 1.29 is 30.0 Å². The van der Waals surface area contributed by atoms with Gasteiger partial charge in [-0.1, -0.05) is 6.07 Å². The first-order chi connectivity index (χ1) is 7.91. The molecule has 0 aliphatic rings. The summed E-state index contributed by atoms with van der Waals surface area (Å²) in [4.78, 5) is 21.4. The molecule has 7 heteroatoms. The maximum absolute atomic E-state index is 11.2. The van der Waals surface area contributed by atoms with Crippen molar-refractivity contribution in [3.05, 3.63) is 17.7 Å². The van der Waals surface area contributed by atoms with E-state index in [0.717, 1.165) is 6.07 Å². The molecule has 1 amide bonds. The quantitative estimate of drug-likeness (QED) is 0.454. The highest BCUT2D eigenvalue weighted by Crippen LogP contribution is 2.37. The fourth-order valence-electron chi connectivity index (χ4n) is 1.16. The molecule has 0 fully saturated rings. The Kier molecular flexibility index (Phi) is 3.76. The van der Waals surface area contributed by atoms with E-state index >= 15 is 0 Å². The van der Waals surface area contributed by atoms with E-state index in [4.69, 9.17) is 10.2 Å². The fraction of sp³-hybridized carbons (Fsp3) is 0.200. The zero-order valence-electron chi connectivity index (χ0n) is 8.67. The molecule has 0 atom stereocenters. The van der Waals surface area contributed by atoms with Crippen molar-refractivity contribution >= 4 is 11.9 Å². The summed E-state index contributed by atoms with van der Waals surface area (Å²) in [5.74, 6) is -3.62. The molecule has 92 valence electrons. The Morgan fingerprint density at radius 3 is 2.35 bits per heavy atom. The Balaban J connectivity index is 2.72. The number of carbonyl (C=O) groups excluding carboxylic acids is 1. The van der Waals surface area contributed by atoms with Crippen molar-refractivity contribution in [1.82, 2.24) is 5.32 Å². The summed E-state index contributed by atoms with van der Waals surface area (Å²) in [6, 6.07) is 2.37. The number of nitrogens with one attached hydrogen (secondary N) is 1. The third-order valence-corrected chi connectivity index (χ3v) is 2.00. The first-order valence-electron chi connectivity index (χ1n) is 4.63. The Bertz CT molecular complexity index is 456. The van der Waals surface area contributed by atoms with Gasteiger partial charge in [-0.3, -0.25) is 9.59 Å². The van der Waals surface area contributed by atoms with Crippen molar-refractivity contribution in [3.63, 3.8) is 0 Å². The van der Waals surface area contributed by atoms with Crippen LogP contribution in [0.3, 0.4) is 0 Å². The SMILES string of the molecule is O=C(O)CNC(=O)Cc1ccc(O)c(O)c1O. The summed E-state index contributed by atoms with van der Waals surface area (Å²) >= 11 is 0. The second kappa shape index (κ2) is 5.06. The monoisotopic (exact) mass is 241 g/mol. The van der Waals surface area contributed by atoms with Crippen LogP contribution in [-0.4, -0.2) is 38.8 Å². The summed E-state index contributed by atoms with van der Waals surface area (Å²) in [5, 5.41) is 38.1. The number of hydrogen-bond acceptors (Lipinski definition) is 5. The van der Waals surface area contributed by atoms with E-state index in [2.05, 4.69) is 5.32 Å². The lowest BCUT2D eigenvalue weighted by Gasteiger charge is -2.07. The molecule has 0 aliphatic carbocycles. The number of hydrogen-bond donors (Lipinski definition) is 5. The number of carbonyl (C=O) groups is 2. The largest absolute Gasteiger partial charge is 0.504 e. The summed E-state index contributed by atoms with van der Waals surface area (Å²) in [6.45, 7) is -0.524. The summed E-state index contributed by atoms with van der Waals surface area (Å²) in [7, 11) is 0. The van der Waals surface area contributed by atoms with Gasteiger partial charge in [-0.25, -0.2) is 0 Å². The zero-order valence-corrected chi connectivity index (χ0v) is 8.67. The minimum absolute atomic E-state index is 0.0863. The standard InChI is InChI=1S/C10H11NO6/c12-6-2-1-5(9(16)10(6)17)3-7(13)11-4-8(14)15/h1-2,12,16-17H,3-4H2,(H,11,13)(H,14,15). The molecule has 1 aromatic carbocycles. The van der Waals surface area contributed by atoms with Gasteiger partial charge < -0.3 is 25.7 Å². The molecular formula is C10H11NO6. The average molecular weight is 241 g/mol. The minimum Gasteiger partial charge on any atom is -0.504 e. The minimum atomic E-state index is -1.18. The number of amides is 1. The van der Waals surface area contributed by atoms with Crippen LogP contribution >= 0.6 is 0 Å². The zero-order chi connectivity index (χ0) is 13.0. The average Bonchev–Trinajstić information content (AvgIpc) is 2.27. The number of carboxylic acids is 1. The molecular weight excluding hydrogens is 230 g/mol. The predicted octanol–water partition coefficient (Wildman–Crippen LogP) is -0.453. The van der Waals surface area contributed by atoms with E-state index in [1.54, 1.807) is 0 Å². The molecule has 0 saturated heterocycles. The maximum Gasteiger partial charge on any atom is 0.322 e. The van der Waals surface area contributed by atoms with Crippen LogP contribution in [0.2, 0.25) is 0 Å². The Morgan fingerprint density at radius 2 is 1.76 bits per heavy atom. The van der Waals surface area contributed by atoms with Crippen LogP contribution in [0.1, 0.15) is 5.56 Å². The lowest BCUT2D eigenvalue weighted by atomic mass is 10.1. The van der Waals surface area contributed by atoms with Gasteiger partial charge >= 0.3 is 5.97 Å². The summed E-state index contributed by atoms with van der Waals surface area (Å²) in [6.07, 6.45) is -0.299. The predicted molar refractivity (Wildman–Crippen MR) is 55.8 cm³/mol. The molecule has 0 radical (unpaired) electrons. The second-order valence-electron chi connectivity index (χ2n) is 3.29. The number of aromatic hydroxyl groups is 3. The van der Waals surface area contributed by atoms with Gasteiger partial charge in [0, 0.05) is 5.56 Å². The lowest BCUT2D eigenvalue weighted by Crippen LogP contribution is -2.30. The first kappa shape index (κ1) is 12.6. The molecule has 0 unspecified atom stereocenters. The van der Waals surface area contributed by atoms with Crippen molar-refractivity contribution in [2.75, 3.05) is 6.54 Å². The number of carboxylic acid groups (broad SMARTS) is 1. The number of benzene rings is 1. The van der Waals surface area contributed by atoms with Gasteiger partial charge in [-0.05, 0) is 6.07 Å². The third-order valence-electron chi connectivity index (χ3n) is 2.00. The molecule has 17 heavy (non-hydrogen) atoms. The van der Waals surface area contributed by atoms with E-state index in [0.29, 0.717) is 0 Å². The van der Waals surface area contributed by atoms with Gasteiger partial charge in [-0.15, -0.1) is 0 Å². The van der Waals surface area contributed by atoms with E-state index in [1.807, 2.05) is 0 Å². The molecule has 0 bridgehead atoms. The number of phenols is 3. The van der Waals surface area contributed by atoms with Crippen LogP contribution in [0.25, 0.3) is 0 Å².